The van der Waals surface area contributed by atoms with Gasteiger partial charge in [-0.05, 0) is 31.2 Å². The molecule has 0 aliphatic carbocycles. The minimum atomic E-state index is 0.166. The predicted molar refractivity (Wildman–Crippen MR) is 74.5 cm³/mol. The van der Waals surface area contributed by atoms with E-state index in [0.717, 1.165) is 16.7 Å². The monoisotopic (exact) mass is 237 g/mol. The first-order valence-corrected chi connectivity index (χ1v) is 6.08. The fraction of sp³-hybridized carbons (Fsp3) is 0.133. The molecule has 3 nitrogen and oxygen atoms in total. The van der Waals surface area contributed by atoms with Crippen LogP contribution in [0, 0.1) is 0 Å². The molecule has 0 fully saturated rings. The summed E-state index contributed by atoms with van der Waals surface area (Å²) >= 11 is 0. The maximum absolute atomic E-state index is 4.40. The first kappa shape index (κ1) is 10.8. The number of rotatable bonds is 3. The Morgan fingerprint density at radius 2 is 1.72 bits per heavy atom. The van der Waals surface area contributed by atoms with Crippen molar-refractivity contribution in [3.05, 3.63) is 60.9 Å². The van der Waals surface area contributed by atoms with Crippen LogP contribution in [-0.4, -0.2) is 9.55 Å². The molecule has 1 unspecified atom stereocenters. The normalized spacial score (nSPS) is 12.5. The van der Waals surface area contributed by atoms with Crippen LogP contribution < -0.4 is 5.32 Å². The number of aromatic nitrogens is 2. The molecule has 0 bridgehead atoms. The number of fused-ring (bicyclic) bond motifs is 1. The summed E-state index contributed by atoms with van der Waals surface area (Å²) in [5, 5.41) is 3.46. The zero-order valence-corrected chi connectivity index (χ0v) is 10.2. The van der Waals surface area contributed by atoms with Gasteiger partial charge in [0, 0.05) is 5.69 Å². The van der Waals surface area contributed by atoms with Crippen molar-refractivity contribution in [2.75, 3.05) is 5.32 Å². The molecule has 1 N–H and O–H groups in total. The quantitative estimate of drug-likeness (QED) is 0.753. The van der Waals surface area contributed by atoms with Gasteiger partial charge in [0.2, 0.25) is 0 Å². The molecular weight excluding hydrogens is 222 g/mol. The molecule has 0 radical (unpaired) electrons. The van der Waals surface area contributed by atoms with Gasteiger partial charge in [0.05, 0.1) is 17.4 Å². The molecule has 0 spiro atoms. The van der Waals surface area contributed by atoms with E-state index in [-0.39, 0.29) is 6.17 Å². The van der Waals surface area contributed by atoms with Gasteiger partial charge in [-0.25, -0.2) is 4.98 Å². The van der Waals surface area contributed by atoms with Crippen LogP contribution in [0.25, 0.3) is 11.0 Å². The smallest absolute Gasteiger partial charge is 0.102 e. The van der Waals surface area contributed by atoms with Crippen molar-refractivity contribution in [2.24, 2.45) is 0 Å². The molecule has 0 aliphatic heterocycles. The van der Waals surface area contributed by atoms with Crippen molar-refractivity contribution < 1.29 is 0 Å². The van der Waals surface area contributed by atoms with Crippen LogP contribution in [0.5, 0.6) is 0 Å². The van der Waals surface area contributed by atoms with Crippen LogP contribution in [0.3, 0.4) is 0 Å². The van der Waals surface area contributed by atoms with Crippen LogP contribution in [0.4, 0.5) is 5.69 Å². The van der Waals surface area contributed by atoms with E-state index in [9.17, 15) is 0 Å². The molecule has 90 valence electrons. The Hall–Kier alpha value is -2.29. The van der Waals surface area contributed by atoms with E-state index in [0.29, 0.717) is 0 Å². The van der Waals surface area contributed by atoms with Gasteiger partial charge in [0.1, 0.15) is 6.17 Å². The van der Waals surface area contributed by atoms with Gasteiger partial charge >= 0.3 is 0 Å². The van der Waals surface area contributed by atoms with Crippen molar-refractivity contribution in [2.45, 2.75) is 13.1 Å². The third-order valence-corrected chi connectivity index (χ3v) is 3.05. The number of para-hydroxylation sites is 3. The summed E-state index contributed by atoms with van der Waals surface area (Å²) in [6.07, 6.45) is 2.05. The van der Waals surface area contributed by atoms with Gasteiger partial charge in [0.25, 0.3) is 0 Å². The zero-order chi connectivity index (χ0) is 12.4. The molecule has 0 aliphatic rings. The second-order valence-corrected chi connectivity index (χ2v) is 4.33. The molecule has 1 atom stereocenters. The van der Waals surface area contributed by atoms with Crippen LogP contribution in [-0.2, 0) is 0 Å². The van der Waals surface area contributed by atoms with Gasteiger partial charge < -0.3 is 9.88 Å². The molecule has 0 amide bonds. The fourth-order valence-electron chi connectivity index (χ4n) is 2.13. The number of benzene rings is 2. The Morgan fingerprint density at radius 1 is 1.00 bits per heavy atom. The van der Waals surface area contributed by atoms with Gasteiger partial charge in [0.15, 0.2) is 0 Å². The van der Waals surface area contributed by atoms with Crippen molar-refractivity contribution in [1.82, 2.24) is 9.55 Å². The van der Waals surface area contributed by atoms with E-state index in [1.807, 2.05) is 42.7 Å². The zero-order valence-electron chi connectivity index (χ0n) is 10.2. The molecule has 1 heterocycles. The number of nitrogens with one attached hydrogen (secondary N) is 1. The van der Waals surface area contributed by atoms with Crippen molar-refractivity contribution in [3.8, 4) is 0 Å². The van der Waals surface area contributed by atoms with E-state index < -0.39 is 0 Å². The molecule has 0 saturated carbocycles. The van der Waals surface area contributed by atoms with E-state index in [1.54, 1.807) is 0 Å². The third kappa shape index (κ3) is 1.95. The molecule has 3 heteroatoms. The lowest BCUT2D eigenvalue weighted by Gasteiger charge is -2.17. The number of nitrogens with zero attached hydrogens (tertiary/aromatic N) is 2. The summed E-state index contributed by atoms with van der Waals surface area (Å²) in [6.45, 7) is 2.13. The number of hydrogen-bond donors (Lipinski definition) is 1. The van der Waals surface area contributed by atoms with Gasteiger partial charge in [-0.15, -0.1) is 0 Å². The Bertz CT molecular complexity index is 643. The number of anilines is 1. The van der Waals surface area contributed by atoms with Crippen LogP contribution in [0.15, 0.2) is 60.9 Å². The van der Waals surface area contributed by atoms with Crippen LogP contribution in [0.2, 0.25) is 0 Å². The first-order chi connectivity index (χ1) is 8.84. The summed E-state index contributed by atoms with van der Waals surface area (Å²) in [7, 11) is 0. The highest BCUT2D eigenvalue weighted by Gasteiger charge is 2.08. The van der Waals surface area contributed by atoms with Crippen molar-refractivity contribution in [1.29, 1.82) is 0 Å². The Kier molecular flexibility index (Phi) is 2.73. The molecule has 3 rings (SSSR count). The molecular formula is C15H15N3. The Balaban J connectivity index is 1.90. The van der Waals surface area contributed by atoms with Gasteiger partial charge in [-0.1, -0.05) is 30.3 Å². The summed E-state index contributed by atoms with van der Waals surface area (Å²) < 4.78 is 2.14. The molecule has 1 aromatic heterocycles. The second kappa shape index (κ2) is 4.53. The molecule has 3 aromatic rings. The summed E-state index contributed by atoms with van der Waals surface area (Å²) in [5.74, 6) is 0. The lowest BCUT2D eigenvalue weighted by molar-refractivity contribution is 0.633. The minimum Gasteiger partial charge on any atom is -0.365 e. The van der Waals surface area contributed by atoms with E-state index in [1.165, 1.54) is 0 Å². The van der Waals surface area contributed by atoms with Crippen molar-refractivity contribution in [3.63, 3.8) is 0 Å². The lowest BCUT2D eigenvalue weighted by Crippen LogP contribution is -2.13. The maximum atomic E-state index is 4.40. The third-order valence-electron chi connectivity index (χ3n) is 3.05. The minimum absolute atomic E-state index is 0.166. The number of imidazole rings is 1. The fourth-order valence-corrected chi connectivity index (χ4v) is 2.13. The van der Waals surface area contributed by atoms with E-state index in [4.69, 9.17) is 0 Å². The summed E-state index contributed by atoms with van der Waals surface area (Å²) in [5.41, 5.74) is 3.29. The topological polar surface area (TPSA) is 29.9 Å². The van der Waals surface area contributed by atoms with Gasteiger partial charge in [-0.3, -0.25) is 0 Å². The Labute approximate surface area is 106 Å². The number of hydrogen-bond acceptors (Lipinski definition) is 2. The first-order valence-electron chi connectivity index (χ1n) is 6.08. The highest BCUT2D eigenvalue weighted by molar-refractivity contribution is 5.75. The van der Waals surface area contributed by atoms with Gasteiger partial charge in [-0.2, -0.15) is 0 Å². The van der Waals surface area contributed by atoms with E-state index in [2.05, 4.69) is 40.0 Å². The largest absolute Gasteiger partial charge is 0.365 e. The Morgan fingerprint density at radius 3 is 2.56 bits per heavy atom. The lowest BCUT2D eigenvalue weighted by atomic mass is 10.3. The predicted octanol–water partition coefficient (Wildman–Crippen LogP) is 3.67. The maximum Gasteiger partial charge on any atom is 0.102 e. The average Bonchev–Trinajstić information content (AvgIpc) is 2.84. The SMILES string of the molecule is CC(Nc1ccccc1)n1cnc2ccccc21. The molecule has 2 aromatic carbocycles. The second-order valence-electron chi connectivity index (χ2n) is 4.33. The molecule has 0 saturated heterocycles. The molecule has 18 heavy (non-hydrogen) atoms. The summed E-state index contributed by atoms with van der Waals surface area (Å²) in [4.78, 5) is 4.40. The standard InChI is InChI=1S/C15H15N3/c1-12(17-13-7-3-2-4-8-13)18-11-16-14-9-5-6-10-15(14)18/h2-12,17H,1H3. The van der Waals surface area contributed by atoms with Crippen LogP contribution in [0.1, 0.15) is 13.1 Å². The average molecular weight is 237 g/mol. The summed E-state index contributed by atoms with van der Waals surface area (Å²) in [6, 6.07) is 18.4. The van der Waals surface area contributed by atoms with Crippen molar-refractivity contribution >= 4 is 16.7 Å². The van der Waals surface area contributed by atoms with Crippen LogP contribution >= 0.6 is 0 Å². The van der Waals surface area contributed by atoms with E-state index >= 15 is 0 Å². The highest BCUT2D eigenvalue weighted by Crippen LogP contribution is 2.19. The highest BCUT2D eigenvalue weighted by atomic mass is 15.2.